The Morgan fingerprint density at radius 3 is 2.03 bits per heavy atom. The zero-order valence-corrected chi connectivity index (χ0v) is 19.8. The molecule has 0 bridgehead atoms. The van der Waals surface area contributed by atoms with Gasteiger partial charge in [-0.15, -0.1) is 0 Å². The molecule has 0 atom stereocenters. The smallest absolute Gasteiger partial charge is 0.291 e. The van der Waals surface area contributed by atoms with Crippen molar-refractivity contribution in [1.82, 2.24) is 0 Å². The molecular weight excluding hydrogens is 466 g/mol. The second-order valence-electron chi connectivity index (χ2n) is 7.90. The second kappa shape index (κ2) is 9.86. The third-order valence-electron chi connectivity index (χ3n) is 5.31. The summed E-state index contributed by atoms with van der Waals surface area (Å²) in [6.45, 7) is 3.76. The molecule has 0 radical (unpaired) electrons. The highest BCUT2D eigenvalue weighted by Gasteiger charge is 2.16. The Bertz CT molecular complexity index is 1480. The van der Waals surface area contributed by atoms with Gasteiger partial charge in [0.2, 0.25) is 0 Å². The summed E-state index contributed by atoms with van der Waals surface area (Å²) in [6.07, 6.45) is 1.41. The Morgan fingerprint density at radius 1 is 0.714 bits per heavy atom. The number of carbonyl (C=O) groups is 2. The van der Waals surface area contributed by atoms with Crippen LogP contribution in [0.5, 0.6) is 0 Å². The third kappa shape index (κ3) is 5.77. The SMILES string of the molecule is Cc1ccc(S(=O)(=O)Nc2ccc(C(=O)Nc3cccc(NC(=O)c4ccco4)c3)cc2)cc1C. The summed E-state index contributed by atoms with van der Waals surface area (Å²) >= 11 is 0. The zero-order chi connectivity index (χ0) is 25.0. The maximum Gasteiger partial charge on any atom is 0.291 e. The summed E-state index contributed by atoms with van der Waals surface area (Å²) in [5.41, 5.74) is 3.52. The topological polar surface area (TPSA) is 118 Å². The molecule has 1 heterocycles. The monoisotopic (exact) mass is 489 g/mol. The first-order valence-electron chi connectivity index (χ1n) is 10.7. The fraction of sp³-hybridized carbons (Fsp3) is 0.0769. The molecule has 0 aliphatic carbocycles. The quantitative estimate of drug-likeness (QED) is 0.330. The summed E-state index contributed by atoms with van der Waals surface area (Å²) in [5, 5.41) is 5.46. The van der Waals surface area contributed by atoms with Crippen molar-refractivity contribution < 1.29 is 22.4 Å². The number of amides is 2. The molecule has 4 aromatic rings. The van der Waals surface area contributed by atoms with Gasteiger partial charge in [-0.2, -0.15) is 0 Å². The van der Waals surface area contributed by atoms with Crippen molar-refractivity contribution in [2.75, 3.05) is 15.4 Å². The lowest BCUT2D eigenvalue weighted by Gasteiger charge is -2.11. The number of benzene rings is 3. The summed E-state index contributed by atoms with van der Waals surface area (Å²) < 4.78 is 33.0. The maximum absolute atomic E-state index is 12.7. The van der Waals surface area contributed by atoms with Crippen molar-refractivity contribution >= 4 is 38.9 Å². The average Bonchev–Trinajstić information content (AvgIpc) is 3.36. The van der Waals surface area contributed by atoms with Gasteiger partial charge in [-0.1, -0.05) is 12.1 Å². The van der Waals surface area contributed by atoms with E-state index >= 15 is 0 Å². The summed E-state index contributed by atoms with van der Waals surface area (Å²) in [4.78, 5) is 25.0. The molecular formula is C26H23N3O5S. The van der Waals surface area contributed by atoms with Gasteiger partial charge in [-0.25, -0.2) is 8.42 Å². The summed E-state index contributed by atoms with van der Waals surface area (Å²) in [7, 11) is -3.76. The van der Waals surface area contributed by atoms with E-state index in [9.17, 15) is 18.0 Å². The minimum atomic E-state index is -3.76. The van der Waals surface area contributed by atoms with Gasteiger partial charge in [-0.3, -0.25) is 14.3 Å². The number of nitrogens with one attached hydrogen (secondary N) is 3. The van der Waals surface area contributed by atoms with Crippen LogP contribution in [0.4, 0.5) is 17.1 Å². The maximum atomic E-state index is 12.7. The van der Waals surface area contributed by atoms with Gasteiger partial charge in [0, 0.05) is 22.6 Å². The van der Waals surface area contributed by atoms with Gasteiger partial charge in [0.15, 0.2) is 5.76 Å². The predicted octanol–water partition coefficient (Wildman–Crippen LogP) is 5.20. The molecule has 3 aromatic carbocycles. The van der Waals surface area contributed by atoms with E-state index in [1.54, 1.807) is 54.6 Å². The van der Waals surface area contributed by atoms with Crippen LogP contribution in [0.15, 0.2) is 94.4 Å². The van der Waals surface area contributed by atoms with Crippen molar-refractivity contribution in [3.8, 4) is 0 Å². The summed E-state index contributed by atoms with van der Waals surface area (Å²) in [5.74, 6) is -0.618. The van der Waals surface area contributed by atoms with E-state index in [1.165, 1.54) is 30.5 Å². The minimum Gasteiger partial charge on any atom is -0.459 e. The molecule has 0 unspecified atom stereocenters. The molecule has 0 saturated heterocycles. The van der Waals surface area contributed by atoms with Crippen LogP contribution < -0.4 is 15.4 Å². The minimum absolute atomic E-state index is 0.168. The molecule has 0 aliphatic heterocycles. The molecule has 4 rings (SSSR count). The number of sulfonamides is 1. The first kappa shape index (κ1) is 23.8. The molecule has 3 N–H and O–H groups in total. The zero-order valence-electron chi connectivity index (χ0n) is 19.0. The fourth-order valence-corrected chi connectivity index (χ4v) is 4.41. The normalized spacial score (nSPS) is 11.0. The van der Waals surface area contributed by atoms with Crippen molar-refractivity contribution in [2.45, 2.75) is 18.7 Å². The van der Waals surface area contributed by atoms with Gasteiger partial charge in [0.1, 0.15) is 0 Å². The van der Waals surface area contributed by atoms with Crippen LogP contribution in [0.2, 0.25) is 0 Å². The number of hydrogen-bond donors (Lipinski definition) is 3. The van der Waals surface area contributed by atoms with Gasteiger partial charge in [0.25, 0.3) is 21.8 Å². The molecule has 35 heavy (non-hydrogen) atoms. The molecule has 2 amide bonds. The first-order chi connectivity index (χ1) is 16.7. The number of furan rings is 1. The van der Waals surface area contributed by atoms with Crippen molar-refractivity contribution in [2.24, 2.45) is 0 Å². The van der Waals surface area contributed by atoms with E-state index in [2.05, 4.69) is 15.4 Å². The summed E-state index contributed by atoms with van der Waals surface area (Å²) in [6, 6.07) is 20.9. The van der Waals surface area contributed by atoms with E-state index in [4.69, 9.17) is 4.42 Å². The lowest BCUT2D eigenvalue weighted by molar-refractivity contribution is 0.0995. The molecule has 178 valence electrons. The Kier molecular flexibility index (Phi) is 6.70. The first-order valence-corrected chi connectivity index (χ1v) is 12.2. The second-order valence-corrected chi connectivity index (χ2v) is 9.58. The largest absolute Gasteiger partial charge is 0.459 e. The molecule has 8 nitrogen and oxygen atoms in total. The van der Waals surface area contributed by atoms with Crippen LogP contribution in [0.3, 0.4) is 0 Å². The lowest BCUT2D eigenvalue weighted by Crippen LogP contribution is -2.15. The van der Waals surface area contributed by atoms with Gasteiger partial charge in [-0.05, 0) is 91.7 Å². The van der Waals surface area contributed by atoms with Crippen molar-refractivity contribution in [3.05, 3.63) is 108 Å². The highest BCUT2D eigenvalue weighted by atomic mass is 32.2. The van der Waals surface area contributed by atoms with Crippen molar-refractivity contribution in [3.63, 3.8) is 0 Å². The van der Waals surface area contributed by atoms with Crippen LogP contribution in [-0.2, 0) is 10.0 Å². The highest BCUT2D eigenvalue weighted by Crippen LogP contribution is 2.21. The van der Waals surface area contributed by atoms with Crippen LogP contribution >= 0.6 is 0 Å². The van der Waals surface area contributed by atoms with Gasteiger partial charge in [0.05, 0.1) is 11.2 Å². The number of hydrogen-bond acceptors (Lipinski definition) is 5. The number of anilines is 3. The Hall–Kier alpha value is -4.37. The standard InChI is InChI=1S/C26H23N3O5S/c1-17-8-13-23(15-18(17)2)35(32,33)29-20-11-9-19(10-12-20)25(30)27-21-5-3-6-22(16-21)28-26(31)24-7-4-14-34-24/h3-16,29H,1-2H3,(H,27,30)(H,28,31). The molecule has 0 spiro atoms. The average molecular weight is 490 g/mol. The molecule has 0 saturated carbocycles. The number of carbonyl (C=O) groups excluding carboxylic acids is 2. The Balaban J connectivity index is 1.41. The number of rotatable bonds is 7. The Morgan fingerprint density at radius 2 is 1.40 bits per heavy atom. The predicted molar refractivity (Wildman–Crippen MR) is 134 cm³/mol. The molecule has 0 fully saturated rings. The molecule has 0 aliphatic rings. The molecule has 9 heteroatoms. The van der Waals surface area contributed by atoms with Crippen LogP contribution in [0, 0.1) is 13.8 Å². The van der Waals surface area contributed by atoms with E-state index in [-0.39, 0.29) is 16.6 Å². The van der Waals surface area contributed by atoms with E-state index < -0.39 is 15.9 Å². The van der Waals surface area contributed by atoms with Gasteiger partial charge < -0.3 is 15.1 Å². The number of aryl methyl sites for hydroxylation is 2. The van der Waals surface area contributed by atoms with E-state index in [0.29, 0.717) is 22.6 Å². The Labute approximate surface area is 203 Å². The van der Waals surface area contributed by atoms with E-state index in [0.717, 1.165) is 11.1 Å². The van der Waals surface area contributed by atoms with E-state index in [1.807, 2.05) is 13.8 Å². The van der Waals surface area contributed by atoms with Crippen LogP contribution in [0.25, 0.3) is 0 Å². The van der Waals surface area contributed by atoms with Crippen LogP contribution in [-0.4, -0.2) is 20.2 Å². The van der Waals surface area contributed by atoms with Gasteiger partial charge >= 0.3 is 0 Å². The lowest BCUT2D eigenvalue weighted by atomic mass is 10.1. The van der Waals surface area contributed by atoms with Crippen LogP contribution in [0.1, 0.15) is 32.0 Å². The fourth-order valence-electron chi connectivity index (χ4n) is 3.26. The highest BCUT2D eigenvalue weighted by molar-refractivity contribution is 7.92. The third-order valence-corrected chi connectivity index (χ3v) is 6.69. The van der Waals surface area contributed by atoms with Crippen molar-refractivity contribution in [1.29, 1.82) is 0 Å². The molecule has 1 aromatic heterocycles.